The highest BCUT2D eigenvalue weighted by Crippen LogP contribution is 2.28. The summed E-state index contributed by atoms with van der Waals surface area (Å²) >= 11 is 1.11. The lowest BCUT2D eigenvalue weighted by atomic mass is 10.1. The van der Waals surface area contributed by atoms with Gasteiger partial charge < -0.3 is 4.74 Å². The van der Waals surface area contributed by atoms with Crippen LogP contribution in [0.2, 0.25) is 0 Å². The Bertz CT molecular complexity index is 569. The molecule has 3 nitrogen and oxygen atoms in total. The van der Waals surface area contributed by atoms with Gasteiger partial charge in [0.05, 0.1) is 13.3 Å². The number of benzene rings is 1. The molecule has 18 heavy (non-hydrogen) atoms. The number of aromatic nitrogens is 1. The van der Waals surface area contributed by atoms with Crippen molar-refractivity contribution >= 4 is 17.3 Å². The summed E-state index contributed by atoms with van der Waals surface area (Å²) in [6.45, 7) is 0. The van der Waals surface area contributed by atoms with Gasteiger partial charge in [0.1, 0.15) is 9.88 Å². The average Bonchev–Trinajstić information content (AvgIpc) is 2.87. The van der Waals surface area contributed by atoms with E-state index in [4.69, 9.17) is 0 Å². The van der Waals surface area contributed by atoms with Crippen molar-refractivity contribution in [2.75, 3.05) is 7.11 Å². The summed E-state index contributed by atoms with van der Waals surface area (Å²) in [5.41, 5.74) is 0.496. The lowest BCUT2D eigenvalue weighted by Crippen LogP contribution is -1.96. The Labute approximate surface area is 106 Å². The van der Waals surface area contributed by atoms with Crippen molar-refractivity contribution in [2.24, 2.45) is 0 Å². The molecule has 6 heteroatoms. The predicted octanol–water partition coefficient (Wildman–Crippen LogP) is 3.53. The molecule has 0 saturated heterocycles. The van der Waals surface area contributed by atoms with E-state index in [1.807, 2.05) is 0 Å². The maximum Gasteiger partial charge on any atom is 0.349 e. The zero-order valence-electron chi connectivity index (χ0n) is 9.39. The smallest absolute Gasteiger partial charge is 0.349 e. The molecule has 1 heterocycles. The van der Waals surface area contributed by atoms with E-state index in [2.05, 4.69) is 9.72 Å². The van der Waals surface area contributed by atoms with Gasteiger partial charge in [-0.25, -0.2) is 18.6 Å². The number of halogens is 2. The van der Waals surface area contributed by atoms with Gasteiger partial charge in [-0.3, -0.25) is 0 Å². The number of methoxy groups -OCH3 is 1. The first-order chi connectivity index (χ1) is 8.61. The molecule has 0 aliphatic heterocycles. The summed E-state index contributed by atoms with van der Waals surface area (Å²) in [5.74, 6) is -0.483. The van der Waals surface area contributed by atoms with E-state index >= 15 is 0 Å². The lowest BCUT2D eigenvalue weighted by molar-refractivity contribution is 0.0606. The molecule has 94 valence electrons. The van der Waals surface area contributed by atoms with Crippen LogP contribution in [0.4, 0.5) is 8.78 Å². The number of esters is 1. The van der Waals surface area contributed by atoms with E-state index in [-0.39, 0.29) is 5.56 Å². The Hall–Kier alpha value is -1.82. The number of thiazole rings is 1. The number of alkyl halides is 2. The van der Waals surface area contributed by atoms with E-state index in [0.717, 1.165) is 11.3 Å². The summed E-state index contributed by atoms with van der Waals surface area (Å²) in [5, 5.41) is 0.512. The third-order valence-corrected chi connectivity index (χ3v) is 3.30. The summed E-state index contributed by atoms with van der Waals surface area (Å²) in [4.78, 5) is 15.6. The summed E-state index contributed by atoms with van der Waals surface area (Å²) < 4.78 is 29.7. The molecule has 0 bridgehead atoms. The highest BCUT2D eigenvalue weighted by molar-refractivity contribution is 7.16. The van der Waals surface area contributed by atoms with Crippen LogP contribution in [0.25, 0.3) is 10.6 Å². The van der Waals surface area contributed by atoms with Crippen molar-refractivity contribution in [1.82, 2.24) is 4.98 Å². The van der Waals surface area contributed by atoms with Gasteiger partial charge in [-0.15, -0.1) is 11.3 Å². The fraction of sp³-hybridized carbons (Fsp3) is 0.167. The number of hydrogen-bond donors (Lipinski definition) is 0. The molecule has 0 spiro atoms. The first-order valence-corrected chi connectivity index (χ1v) is 5.86. The zero-order valence-corrected chi connectivity index (χ0v) is 10.2. The fourth-order valence-corrected chi connectivity index (χ4v) is 2.24. The van der Waals surface area contributed by atoms with Crippen molar-refractivity contribution < 1.29 is 18.3 Å². The molecule has 0 unspecified atom stereocenters. The first-order valence-electron chi connectivity index (χ1n) is 5.04. The van der Waals surface area contributed by atoms with E-state index < -0.39 is 12.4 Å². The van der Waals surface area contributed by atoms with E-state index in [1.165, 1.54) is 31.5 Å². The molecule has 0 aliphatic rings. The molecule has 1 aromatic heterocycles. The number of hydrogen-bond acceptors (Lipinski definition) is 4. The Morgan fingerprint density at radius 3 is 2.89 bits per heavy atom. The van der Waals surface area contributed by atoms with Crippen molar-refractivity contribution in [3.05, 3.63) is 40.9 Å². The fourth-order valence-electron chi connectivity index (χ4n) is 1.41. The summed E-state index contributed by atoms with van der Waals surface area (Å²) in [7, 11) is 1.28. The van der Waals surface area contributed by atoms with Crippen LogP contribution in [-0.2, 0) is 4.74 Å². The average molecular weight is 269 g/mol. The SMILES string of the molecule is COC(=O)c1cnc(-c2cccc(C(F)F)c2)s1. The number of ether oxygens (including phenoxy) is 1. The number of rotatable bonds is 3. The molecule has 0 atom stereocenters. The highest BCUT2D eigenvalue weighted by Gasteiger charge is 2.13. The van der Waals surface area contributed by atoms with Crippen LogP contribution >= 0.6 is 11.3 Å². The minimum atomic E-state index is -2.52. The second-order valence-electron chi connectivity index (χ2n) is 3.45. The van der Waals surface area contributed by atoms with Gasteiger partial charge >= 0.3 is 5.97 Å². The van der Waals surface area contributed by atoms with Gasteiger partial charge in [0.2, 0.25) is 0 Å². The third-order valence-electron chi connectivity index (χ3n) is 2.28. The molecule has 0 saturated carbocycles. The number of nitrogens with zero attached hydrogens (tertiary/aromatic N) is 1. The van der Waals surface area contributed by atoms with E-state index in [9.17, 15) is 13.6 Å². The quantitative estimate of drug-likeness (QED) is 0.800. The zero-order chi connectivity index (χ0) is 13.1. The van der Waals surface area contributed by atoms with Crippen LogP contribution in [0.3, 0.4) is 0 Å². The minimum absolute atomic E-state index is 0.0673. The van der Waals surface area contributed by atoms with Gasteiger partial charge in [0.25, 0.3) is 6.43 Å². The van der Waals surface area contributed by atoms with Crippen molar-refractivity contribution in [2.45, 2.75) is 6.43 Å². The van der Waals surface area contributed by atoms with Gasteiger partial charge in [0, 0.05) is 11.1 Å². The lowest BCUT2D eigenvalue weighted by Gasteiger charge is -2.01. The molecule has 0 fully saturated rings. The van der Waals surface area contributed by atoms with Crippen LogP contribution < -0.4 is 0 Å². The second-order valence-corrected chi connectivity index (χ2v) is 4.48. The van der Waals surface area contributed by atoms with Gasteiger partial charge in [-0.2, -0.15) is 0 Å². The normalized spacial score (nSPS) is 10.7. The predicted molar refractivity (Wildman–Crippen MR) is 63.8 cm³/mol. The number of carbonyl (C=O) groups is 1. The van der Waals surface area contributed by atoms with Gasteiger partial charge in [-0.05, 0) is 6.07 Å². The number of carbonyl (C=O) groups excluding carboxylic acids is 1. The van der Waals surface area contributed by atoms with E-state index in [1.54, 1.807) is 6.07 Å². The Balaban J connectivity index is 2.34. The van der Waals surface area contributed by atoms with Gasteiger partial charge in [-0.1, -0.05) is 18.2 Å². The monoisotopic (exact) mass is 269 g/mol. The Morgan fingerprint density at radius 2 is 2.22 bits per heavy atom. The molecular weight excluding hydrogens is 260 g/mol. The Morgan fingerprint density at radius 1 is 1.44 bits per heavy atom. The standard InChI is InChI=1S/C12H9F2NO2S/c1-17-12(16)9-6-15-11(18-9)8-4-2-3-7(5-8)10(13)14/h2-6,10H,1H3. The molecule has 0 N–H and O–H groups in total. The highest BCUT2D eigenvalue weighted by atomic mass is 32.1. The Kier molecular flexibility index (Phi) is 3.66. The molecule has 0 amide bonds. The summed E-state index contributed by atoms with van der Waals surface area (Å²) in [6.07, 6.45) is -1.15. The molecular formula is C12H9F2NO2S. The first kappa shape index (κ1) is 12.6. The van der Waals surface area contributed by atoms with Crippen LogP contribution in [-0.4, -0.2) is 18.1 Å². The van der Waals surface area contributed by atoms with Crippen molar-refractivity contribution in [3.63, 3.8) is 0 Å². The van der Waals surface area contributed by atoms with Crippen molar-refractivity contribution in [3.8, 4) is 10.6 Å². The van der Waals surface area contributed by atoms with Crippen molar-refractivity contribution in [1.29, 1.82) is 0 Å². The minimum Gasteiger partial charge on any atom is -0.465 e. The molecule has 2 aromatic rings. The second kappa shape index (κ2) is 5.22. The maximum atomic E-state index is 12.6. The summed E-state index contributed by atoms with van der Waals surface area (Å²) in [6, 6.07) is 5.93. The molecule has 1 aromatic carbocycles. The largest absolute Gasteiger partial charge is 0.465 e. The molecule has 0 aliphatic carbocycles. The van der Waals surface area contributed by atoms with Crippen LogP contribution in [0, 0.1) is 0 Å². The van der Waals surface area contributed by atoms with Crippen LogP contribution in [0.1, 0.15) is 21.7 Å². The van der Waals surface area contributed by atoms with Crippen LogP contribution in [0.15, 0.2) is 30.5 Å². The maximum absolute atomic E-state index is 12.6. The molecule has 2 rings (SSSR count). The van der Waals surface area contributed by atoms with Gasteiger partial charge in [0.15, 0.2) is 0 Å². The van der Waals surface area contributed by atoms with Crippen LogP contribution in [0.5, 0.6) is 0 Å². The molecule has 0 radical (unpaired) electrons. The van der Waals surface area contributed by atoms with E-state index in [0.29, 0.717) is 15.4 Å². The topological polar surface area (TPSA) is 39.2 Å². The third kappa shape index (κ3) is 2.53.